The Kier molecular flexibility index (Phi) is 4.08. The number of aromatic amines is 2. The number of phenols is 1. The van der Waals surface area contributed by atoms with Crippen LogP contribution in [0, 0.1) is 0 Å². The van der Waals surface area contributed by atoms with Gasteiger partial charge in [-0.05, 0) is 30.3 Å². The summed E-state index contributed by atoms with van der Waals surface area (Å²) >= 11 is 0. The minimum absolute atomic E-state index is 0.0136. The Hall–Kier alpha value is -4.47. The molecule has 1 aliphatic heterocycles. The van der Waals surface area contributed by atoms with E-state index in [-0.39, 0.29) is 33.8 Å². The van der Waals surface area contributed by atoms with Crippen LogP contribution in [0.3, 0.4) is 0 Å². The van der Waals surface area contributed by atoms with E-state index < -0.39 is 29.0 Å². The fraction of sp³-hybridized carbons (Fsp3) is 0. The number of para-hydroxylation sites is 2. The molecule has 1 aromatic heterocycles. The summed E-state index contributed by atoms with van der Waals surface area (Å²) in [6.07, 6.45) is 0.967. The number of carbonyl (C=O) groups excluding carboxylic acids is 3. The monoisotopic (exact) mass is 392 g/mol. The van der Waals surface area contributed by atoms with Crippen LogP contribution in [-0.2, 0) is 0 Å². The summed E-state index contributed by atoms with van der Waals surface area (Å²) in [7, 11) is 0. The summed E-state index contributed by atoms with van der Waals surface area (Å²) in [4.78, 5) is 65.7. The highest BCUT2D eigenvalue weighted by Crippen LogP contribution is 2.28. The predicted octanol–water partition coefficient (Wildman–Crippen LogP) is 0.822. The van der Waals surface area contributed by atoms with Gasteiger partial charge < -0.3 is 15.4 Å². The van der Waals surface area contributed by atoms with Gasteiger partial charge in [0.2, 0.25) is 0 Å². The average Bonchev–Trinajstić information content (AvgIpc) is 2.94. The smallest absolute Gasteiger partial charge is 0.325 e. The second kappa shape index (κ2) is 6.60. The Balaban J connectivity index is 1.68. The molecule has 4 rings (SSSR count). The minimum Gasteiger partial charge on any atom is -0.506 e. The minimum atomic E-state index is -0.902. The Bertz CT molecular complexity index is 1310. The van der Waals surface area contributed by atoms with Crippen molar-refractivity contribution in [2.45, 2.75) is 0 Å². The van der Waals surface area contributed by atoms with E-state index in [9.17, 15) is 29.1 Å². The van der Waals surface area contributed by atoms with Crippen LogP contribution >= 0.6 is 0 Å². The number of H-pyrrole nitrogens is 2. The molecule has 0 aliphatic carbocycles. The number of aromatic nitrogens is 2. The van der Waals surface area contributed by atoms with E-state index in [0.29, 0.717) is 4.90 Å². The highest BCUT2D eigenvalue weighted by atomic mass is 16.3. The van der Waals surface area contributed by atoms with E-state index in [2.05, 4.69) is 10.3 Å². The van der Waals surface area contributed by atoms with Gasteiger partial charge in [-0.3, -0.25) is 24.2 Å². The lowest BCUT2D eigenvalue weighted by Gasteiger charge is -2.11. The summed E-state index contributed by atoms with van der Waals surface area (Å²) in [5.74, 6) is -2.29. The molecule has 0 atom stereocenters. The number of rotatable bonds is 3. The fourth-order valence-corrected chi connectivity index (χ4v) is 2.94. The van der Waals surface area contributed by atoms with Crippen LogP contribution in [-0.4, -0.2) is 32.8 Å². The number of hydrogen-bond acceptors (Lipinski definition) is 6. The number of aromatic hydroxyl groups is 1. The molecule has 4 N–H and O–H groups in total. The van der Waals surface area contributed by atoms with Gasteiger partial charge in [-0.2, -0.15) is 0 Å². The molecule has 3 amide bonds. The molecule has 3 aromatic rings. The van der Waals surface area contributed by atoms with Gasteiger partial charge in [0, 0.05) is 11.8 Å². The molecule has 0 saturated heterocycles. The number of nitrogens with zero attached hydrogens (tertiary/aromatic N) is 1. The number of anilines is 2. The molecule has 0 unspecified atom stereocenters. The van der Waals surface area contributed by atoms with E-state index in [1.165, 1.54) is 30.3 Å². The first-order valence-corrected chi connectivity index (χ1v) is 8.31. The summed E-state index contributed by atoms with van der Waals surface area (Å²) in [6, 6.07) is 10.00. The summed E-state index contributed by atoms with van der Waals surface area (Å²) in [5.41, 5.74) is -1.81. The van der Waals surface area contributed by atoms with Crippen molar-refractivity contribution in [3.63, 3.8) is 0 Å². The topological polar surface area (TPSA) is 152 Å². The molecular formula is C19H12N4O6. The molecule has 0 saturated carbocycles. The predicted molar refractivity (Wildman–Crippen MR) is 101 cm³/mol. The molecule has 0 bridgehead atoms. The third-order valence-electron chi connectivity index (χ3n) is 4.34. The quantitative estimate of drug-likeness (QED) is 0.382. The van der Waals surface area contributed by atoms with Crippen LogP contribution in [0.25, 0.3) is 0 Å². The molecule has 0 spiro atoms. The van der Waals surface area contributed by atoms with Crippen molar-refractivity contribution in [1.29, 1.82) is 0 Å². The second-order valence-corrected chi connectivity index (χ2v) is 6.13. The van der Waals surface area contributed by atoms with Crippen molar-refractivity contribution >= 4 is 29.1 Å². The molecule has 2 aromatic carbocycles. The highest BCUT2D eigenvalue weighted by molar-refractivity contribution is 6.34. The normalized spacial score (nSPS) is 12.8. The first-order chi connectivity index (χ1) is 13.9. The number of carbonyl (C=O) groups is 3. The Morgan fingerprint density at radius 1 is 0.966 bits per heavy atom. The summed E-state index contributed by atoms with van der Waals surface area (Å²) in [6.45, 7) is 0. The van der Waals surface area contributed by atoms with Gasteiger partial charge in [-0.15, -0.1) is 0 Å². The van der Waals surface area contributed by atoms with Crippen molar-refractivity contribution in [3.05, 3.63) is 86.2 Å². The van der Waals surface area contributed by atoms with Crippen molar-refractivity contribution < 1.29 is 19.5 Å². The Morgan fingerprint density at radius 2 is 1.69 bits per heavy atom. The van der Waals surface area contributed by atoms with Gasteiger partial charge in [-0.1, -0.05) is 12.1 Å². The average molecular weight is 392 g/mol. The van der Waals surface area contributed by atoms with E-state index in [0.717, 1.165) is 6.20 Å². The highest BCUT2D eigenvalue weighted by Gasteiger charge is 2.38. The van der Waals surface area contributed by atoms with E-state index in [4.69, 9.17) is 0 Å². The zero-order chi connectivity index (χ0) is 20.7. The first kappa shape index (κ1) is 17.9. The number of imide groups is 1. The molecular weight excluding hydrogens is 380 g/mol. The number of amides is 3. The van der Waals surface area contributed by atoms with E-state index in [1.807, 2.05) is 4.98 Å². The molecule has 29 heavy (non-hydrogen) atoms. The summed E-state index contributed by atoms with van der Waals surface area (Å²) < 4.78 is 0. The molecule has 10 nitrogen and oxygen atoms in total. The van der Waals surface area contributed by atoms with Gasteiger partial charge in [-0.25, -0.2) is 9.69 Å². The number of fused-ring (bicyclic) bond motifs is 1. The van der Waals surface area contributed by atoms with Gasteiger partial charge in [0.1, 0.15) is 11.4 Å². The van der Waals surface area contributed by atoms with E-state index >= 15 is 0 Å². The molecule has 10 heteroatoms. The van der Waals surface area contributed by atoms with Crippen molar-refractivity contribution in [3.8, 4) is 5.75 Å². The Morgan fingerprint density at radius 3 is 2.41 bits per heavy atom. The van der Waals surface area contributed by atoms with Gasteiger partial charge >= 0.3 is 5.69 Å². The van der Waals surface area contributed by atoms with Crippen molar-refractivity contribution in [2.24, 2.45) is 0 Å². The lowest BCUT2D eigenvalue weighted by atomic mass is 10.1. The van der Waals surface area contributed by atoms with Crippen LogP contribution in [0.1, 0.15) is 31.1 Å². The number of nitrogens with one attached hydrogen (secondary N) is 3. The van der Waals surface area contributed by atoms with Gasteiger partial charge in [0.05, 0.1) is 16.8 Å². The molecule has 144 valence electrons. The number of benzene rings is 2. The second-order valence-electron chi connectivity index (χ2n) is 6.13. The zero-order valence-electron chi connectivity index (χ0n) is 14.6. The lowest BCUT2D eigenvalue weighted by Crippen LogP contribution is -2.36. The van der Waals surface area contributed by atoms with Crippen molar-refractivity contribution in [2.75, 3.05) is 10.2 Å². The van der Waals surface area contributed by atoms with Crippen LogP contribution < -0.4 is 21.5 Å². The first-order valence-electron chi connectivity index (χ1n) is 8.31. The van der Waals surface area contributed by atoms with Crippen LogP contribution in [0.15, 0.2) is 58.3 Å². The summed E-state index contributed by atoms with van der Waals surface area (Å²) in [5, 5.41) is 12.3. The van der Waals surface area contributed by atoms with Crippen LogP contribution in [0.4, 0.5) is 11.4 Å². The lowest BCUT2D eigenvalue weighted by molar-refractivity contribution is 0.0924. The zero-order valence-corrected chi connectivity index (χ0v) is 14.6. The fourth-order valence-electron chi connectivity index (χ4n) is 2.94. The third kappa shape index (κ3) is 2.98. The van der Waals surface area contributed by atoms with Crippen LogP contribution in [0.5, 0.6) is 5.75 Å². The van der Waals surface area contributed by atoms with E-state index in [1.54, 1.807) is 12.1 Å². The molecule has 0 radical (unpaired) electrons. The maximum absolute atomic E-state index is 12.7. The number of hydrogen-bond donors (Lipinski definition) is 4. The third-order valence-corrected chi connectivity index (χ3v) is 4.34. The molecule has 1 aliphatic rings. The van der Waals surface area contributed by atoms with Gasteiger partial charge in [0.15, 0.2) is 0 Å². The number of phenolic OH excluding ortho intramolecular Hbond substituents is 1. The Labute approximate surface area is 161 Å². The maximum atomic E-state index is 12.7. The SMILES string of the molecule is O=C(Nc1ccccc1O)c1ccc2c(c1)C(=O)N(c1c[nH]c(=O)[nH]c1=O)C2=O. The molecule has 0 fully saturated rings. The largest absolute Gasteiger partial charge is 0.506 e. The maximum Gasteiger partial charge on any atom is 0.325 e. The van der Waals surface area contributed by atoms with Crippen molar-refractivity contribution in [1.82, 2.24) is 9.97 Å². The van der Waals surface area contributed by atoms with Gasteiger partial charge in [0.25, 0.3) is 23.3 Å². The molecule has 2 heterocycles. The standard InChI is InChI=1S/C19H12N4O6/c24-14-4-2-1-3-12(14)21-15(25)9-5-6-10-11(7-9)18(28)23(17(10)27)13-8-20-19(29)22-16(13)26/h1-8,24H,(H,21,25)(H2,20,22,26,29). The van der Waals surface area contributed by atoms with Crippen LogP contribution in [0.2, 0.25) is 0 Å².